The van der Waals surface area contributed by atoms with Gasteiger partial charge in [-0.25, -0.2) is 0 Å². The first-order valence-corrected chi connectivity index (χ1v) is 8.26. The molecule has 2 aromatic carbocycles. The molecule has 1 unspecified atom stereocenters. The van der Waals surface area contributed by atoms with Crippen LogP contribution in [0.5, 0.6) is 5.75 Å². The van der Waals surface area contributed by atoms with Crippen LogP contribution in [-0.4, -0.2) is 30.1 Å². The van der Waals surface area contributed by atoms with E-state index in [1.165, 1.54) is 29.5 Å². The first-order chi connectivity index (χ1) is 10.7. The van der Waals surface area contributed by atoms with Crippen LogP contribution in [0.2, 0.25) is 0 Å². The Hall–Kier alpha value is -1.51. The molecule has 0 saturated carbocycles. The minimum Gasteiger partial charge on any atom is -0.508 e. The van der Waals surface area contributed by atoms with Crippen molar-refractivity contribution in [1.29, 1.82) is 0 Å². The maximum atomic E-state index is 9.66. The van der Waals surface area contributed by atoms with Gasteiger partial charge in [0.25, 0.3) is 0 Å². The minimum atomic E-state index is 0. The predicted molar refractivity (Wildman–Crippen MR) is 98.7 cm³/mol. The van der Waals surface area contributed by atoms with Crippen LogP contribution in [0.4, 0.5) is 0 Å². The Morgan fingerprint density at radius 2 is 1.91 bits per heavy atom. The predicted octanol–water partition coefficient (Wildman–Crippen LogP) is 4.41. The third-order valence-corrected chi connectivity index (χ3v) is 4.72. The van der Waals surface area contributed by atoms with E-state index in [1.807, 2.05) is 12.1 Å². The van der Waals surface area contributed by atoms with Crippen molar-refractivity contribution in [3.8, 4) is 5.75 Å². The zero-order valence-corrected chi connectivity index (χ0v) is 14.6. The third kappa shape index (κ3) is 4.73. The second kappa shape index (κ2) is 8.37. The number of hydrogen-bond donors (Lipinski definition) is 1. The van der Waals surface area contributed by atoms with Crippen molar-refractivity contribution < 1.29 is 5.11 Å². The van der Waals surface area contributed by atoms with Crippen LogP contribution >= 0.6 is 12.4 Å². The molecular weight excluding hydrogens is 306 g/mol. The molecule has 1 N–H and O–H groups in total. The van der Waals surface area contributed by atoms with E-state index in [0.29, 0.717) is 11.7 Å². The number of phenols is 1. The van der Waals surface area contributed by atoms with Gasteiger partial charge in [0, 0.05) is 13.1 Å². The van der Waals surface area contributed by atoms with E-state index in [4.69, 9.17) is 0 Å². The van der Waals surface area contributed by atoms with Crippen molar-refractivity contribution in [2.75, 3.05) is 20.1 Å². The van der Waals surface area contributed by atoms with E-state index < -0.39 is 0 Å². The maximum Gasteiger partial charge on any atom is 0.115 e. The number of likely N-dealkylation sites (N-methyl/N-ethyl adjacent to an activating group) is 1. The largest absolute Gasteiger partial charge is 0.508 e. The van der Waals surface area contributed by atoms with Gasteiger partial charge in [-0.15, -0.1) is 12.4 Å². The Kier molecular flexibility index (Phi) is 6.49. The summed E-state index contributed by atoms with van der Waals surface area (Å²) in [6.45, 7) is 2.19. The molecule has 0 fully saturated rings. The summed E-state index contributed by atoms with van der Waals surface area (Å²) in [5.41, 5.74) is 4.19. The Bertz CT molecular complexity index is 614. The smallest absolute Gasteiger partial charge is 0.115 e. The van der Waals surface area contributed by atoms with E-state index in [-0.39, 0.29) is 12.4 Å². The van der Waals surface area contributed by atoms with E-state index >= 15 is 0 Å². The quantitative estimate of drug-likeness (QED) is 0.877. The number of halogens is 1. The number of benzene rings is 2. The minimum absolute atomic E-state index is 0. The average Bonchev–Trinajstić information content (AvgIpc) is 2.54. The monoisotopic (exact) mass is 331 g/mol. The van der Waals surface area contributed by atoms with E-state index in [1.54, 1.807) is 0 Å². The summed E-state index contributed by atoms with van der Waals surface area (Å²) in [6, 6.07) is 16.6. The molecule has 1 aliphatic carbocycles. The highest BCUT2D eigenvalue weighted by Crippen LogP contribution is 2.33. The lowest BCUT2D eigenvalue weighted by Gasteiger charge is -2.29. The van der Waals surface area contributed by atoms with E-state index in [0.717, 1.165) is 25.9 Å². The van der Waals surface area contributed by atoms with Crippen molar-refractivity contribution in [3.05, 3.63) is 65.2 Å². The van der Waals surface area contributed by atoms with Crippen LogP contribution in [0.1, 0.15) is 35.4 Å². The summed E-state index contributed by atoms with van der Waals surface area (Å²) in [6.07, 6.45) is 4.70. The molecule has 124 valence electrons. The molecule has 0 bridgehead atoms. The highest BCUT2D eigenvalue weighted by atomic mass is 35.5. The van der Waals surface area contributed by atoms with Gasteiger partial charge in [0.15, 0.2) is 0 Å². The number of nitrogens with zero attached hydrogens (tertiary/aromatic N) is 1. The highest BCUT2D eigenvalue weighted by Gasteiger charge is 2.21. The van der Waals surface area contributed by atoms with Crippen molar-refractivity contribution in [2.24, 2.45) is 0 Å². The SMILES string of the molecule is CN(CCc1ccccc1)CC1CCCc2cc(O)ccc21.Cl. The molecule has 1 atom stereocenters. The lowest BCUT2D eigenvalue weighted by Crippen LogP contribution is -2.28. The standard InChI is InChI=1S/C20H25NO.ClH/c1-21(13-12-16-6-3-2-4-7-16)15-18-9-5-8-17-14-19(22)10-11-20(17)18;/h2-4,6-7,10-11,14,18,22H,5,8-9,12-13,15H2,1H3;1H. The van der Waals surface area contributed by atoms with Gasteiger partial charge in [-0.1, -0.05) is 36.4 Å². The molecule has 0 saturated heterocycles. The molecule has 0 radical (unpaired) electrons. The number of aryl methyl sites for hydroxylation is 1. The summed E-state index contributed by atoms with van der Waals surface area (Å²) in [7, 11) is 2.22. The summed E-state index contributed by atoms with van der Waals surface area (Å²) in [4.78, 5) is 2.44. The van der Waals surface area contributed by atoms with Gasteiger partial charge in [-0.05, 0) is 67.5 Å². The number of fused-ring (bicyclic) bond motifs is 1. The summed E-state index contributed by atoms with van der Waals surface area (Å²) in [5, 5.41) is 9.66. The van der Waals surface area contributed by atoms with Gasteiger partial charge in [0.2, 0.25) is 0 Å². The van der Waals surface area contributed by atoms with Gasteiger partial charge < -0.3 is 10.0 Å². The van der Waals surface area contributed by atoms with Crippen LogP contribution in [-0.2, 0) is 12.8 Å². The zero-order chi connectivity index (χ0) is 15.4. The molecule has 0 amide bonds. The summed E-state index contributed by atoms with van der Waals surface area (Å²) in [5.74, 6) is 1.00. The van der Waals surface area contributed by atoms with Gasteiger partial charge in [-0.3, -0.25) is 0 Å². The van der Waals surface area contributed by atoms with Crippen LogP contribution < -0.4 is 0 Å². The summed E-state index contributed by atoms with van der Waals surface area (Å²) >= 11 is 0. The topological polar surface area (TPSA) is 23.5 Å². The molecule has 2 nitrogen and oxygen atoms in total. The van der Waals surface area contributed by atoms with E-state index in [9.17, 15) is 5.11 Å². The van der Waals surface area contributed by atoms with Crippen LogP contribution in [0.3, 0.4) is 0 Å². The van der Waals surface area contributed by atoms with Crippen molar-refractivity contribution >= 4 is 12.4 Å². The first kappa shape index (κ1) is 17.8. The highest BCUT2D eigenvalue weighted by molar-refractivity contribution is 5.85. The van der Waals surface area contributed by atoms with Gasteiger partial charge in [-0.2, -0.15) is 0 Å². The van der Waals surface area contributed by atoms with Crippen molar-refractivity contribution in [2.45, 2.75) is 31.6 Å². The second-order valence-corrected chi connectivity index (χ2v) is 6.47. The normalized spacial score (nSPS) is 16.7. The number of rotatable bonds is 5. The fourth-order valence-corrected chi connectivity index (χ4v) is 3.52. The van der Waals surface area contributed by atoms with Crippen LogP contribution in [0.25, 0.3) is 0 Å². The molecule has 0 aromatic heterocycles. The van der Waals surface area contributed by atoms with Crippen molar-refractivity contribution in [3.63, 3.8) is 0 Å². The molecular formula is C20H26ClNO. The average molecular weight is 332 g/mol. The van der Waals surface area contributed by atoms with Crippen molar-refractivity contribution in [1.82, 2.24) is 4.90 Å². The molecule has 3 rings (SSSR count). The van der Waals surface area contributed by atoms with E-state index in [2.05, 4.69) is 48.3 Å². The van der Waals surface area contributed by atoms with Gasteiger partial charge >= 0.3 is 0 Å². The molecule has 3 heteroatoms. The number of aromatic hydroxyl groups is 1. The Morgan fingerprint density at radius 3 is 2.70 bits per heavy atom. The number of phenolic OH excluding ortho intramolecular Hbond substituents is 1. The molecule has 23 heavy (non-hydrogen) atoms. The number of hydrogen-bond acceptors (Lipinski definition) is 2. The van der Waals surface area contributed by atoms with Crippen LogP contribution in [0, 0.1) is 0 Å². The Labute approximate surface area is 145 Å². The van der Waals surface area contributed by atoms with Crippen LogP contribution in [0.15, 0.2) is 48.5 Å². The Morgan fingerprint density at radius 1 is 1.13 bits per heavy atom. The lowest BCUT2D eigenvalue weighted by molar-refractivity contribution is 0.301. The molecule has 0 heterocycles. The maximum absolute atomic E-state index is 9.66. The molecule has 0 aliphatic heterocycles. The first-order valence-electron chi connectivity index (χ1n) is 8.26. The zero-order valence-electron chi connectivity index (χ0n) is 13.7. The van der Waals surface area contributed by atoms with Gasteiger partial charge in [0.1, 0.15) is 5.75 Å². The third-order valence-electron chi connectivity index (χ3n) is 4.72. The fraction of sp³-hybridized carbons (Fsp3) is 0.400. The van der Waals surface area contributed by atoms with Gasteiger partial charge in [0.05, 0.1) is 0 Å². The second-order valence-electron chi connectivity index (χ2n) is 6.47. The molecule has 2 aromatic rings. The Balaban J connectivity index is 0.00000192. The fourth-order valence-electron chi connectivity index (χ4n) is 3.52. The molecule has 0 spiro atoms. The summed E-state index contributed by atoms with van der Waals surface area (Å²) < 4.78 is 0. The lowest BCUT2D eigenvalue weighted by atomic mass is 9.82. The molecule has 1 aliphatic rings.